The zero-order valence-corrected chi connectivity index (χ0v) is 12.2. The predicted octanol–water partition coefficient (Wildman–Crippen LogP) is 1.94. The maximum atomic E-state index is 13.9. The van der Waals surface area contributed by atoms with Gasteiger partial charge in [0.25, 0.3) is 0 Å². The fraction of sp³-hybridized carbons (Fsp3) is 0.429. The van der Waals surface area contributed by atoms with Crippen LogP contribution in [0.1, 0.15) is 17.3 Å². The molecule has 1 aromatic carbocycles. The first-order valence-electron chi connectivity index (χ1n) is 6.67. The average molecular weight is 314 g/mol. The quantitative estimate of drug-likeness (QED) is 0.845. The zero-order chi connectivity index (χ0) is 16.4. The summed E-state index contributed by atoms with van der Waals surface area (Å²) >= 11 is 0. The highest BCUT2D eigenvalue weighted by molar-refractivity contribution is 5.90. The molecule has 0 aliphatic carbocycles. The number of piperazine rings is 1. The van der Waals surface area contributed by atoms with E-state index in [4.69, 9.17) is 5.11 Å². The number of methoxy groups -OCH3 is 1. The number of carbonyl (C=O) groups is 2. The highest BCUT2D eigenvalue weighted by Gasteiger charge is 2.28. The molecule has 0 spiro atoms. The topological polar surface area (TPSA) is 70.1 Å². The van der Waals surface area contributed by atoms with Crippen molar-refractivity contribution in [2.75, 3.05) is 31.6 Å². The summed E-state index contributed by atoms with van der Waals surface area (Å²) in [5, 5.41) is 9.01. The van der Waals surface area contributed by atoms with Crippen molar-refractivity contribution in [3.63, 3.8) is 0 Å². The fourth-order valence-corrected chi connectivity index (χ4v) is 2.52. The van der Waals surface area contributed by atoms with Gasteiger partial charge in [-0.15, -0.1) is 0 Å². The van der Waals surface area contributed by atoms with Gasteiger partial charge in [0.05, 0.1) is 7.11 Å². The van der Waals surface area contributed by atoms with Crippen LogP contribution in [0.15, 0.2) is 12.1 Å². The zero-order valence-electron chi connectivity index (χ0n) is 12.2. The number of hydrogen-bond acceptors (Lipinski definition) is 4. The Morgan fingerprint density at radius 2 is 1.86 bits per heavy atom. The maximum absolute atomic E-state index is 13.9. The third kappa shape index (κ3) is 2.95. The lowest BCUT2D eigenvalue weighted by atomic mass is 10.1. The third-order valence-electron chi connectivity index (χ3n) is 3.65. The van der Waals surface area contributed by atoms with E-state index in [1.165, 1.54) is 4.90 Å². The standard InChI is InChI=1S/C14H16F2N2O4/c1-8-7-17(3-4-18(8)14(20)21)9-5-10(15)12(11(16)6-9)13(19)22-2/h5-6,8H,3-4,7H2,1-2H3,(H,20,21)/t8-/m1/s1. The summed E-state index contributed by atoms with van der Waals surface area (Å²) in [5.41, 5.74) is -0.469. The Bertz CT molecular complexity index is 586. The highest BCUT2D eigenvalue weighted by Crippen LogP contribution is 2.25. The van der Waals surface area contributed by atoms with Crippen LogP contribution in [0.5, 0.6) is 0 Å². The molecule has 1 amide bonds. The van der Waals surface area contributed by atoms with Crippen LogP contribution in [0.4, 0.5) is 19.3 Å². The first kappa shape index (κ1) is 16.0. The van der Waals surface area contributed by atoms with Crippen LogP contribution in [0.25, 0.3) is 0 Å². The van der Waals surface area contributed by atoms with Crippen LogP contribution in [0.3, 0.4) is 0 Å². The van der Waals surface area contributed by atoms with Crippen molar-refractivity contribution < 1.29 is 28.2 Å². The minimum absolute atomic E-state index is 0.235. The summed E-state index contributed by atoms with van der Waals surface area (Å²) in [6.07, 6.45) is -1.02. The Labute approximate surface area is 125 Å². The van der Waals surface area contributed by atoms with Gasteiger partial charge in [-0.25, -0.2) is 18.4 Å². The summed E-state index contributed by atoms with van der Waals surface area (Å²) in [6.45, 7) is 2.57. The largest absolute Gasteiger partial charge is 0.465 e. The van der Waals surface area contributed by atoms with Crippen LogP contribution >= 0.6 is 0 Å². The van der Waals surface area contributed by atoms with E-state index in [1.54, 1.807) is 11.8 Å². The Morgan fingerprint density at radius 3 is 2.32 bits per heavy atom. The monoisotopic (exact) mass is 314 g/mol. The molecule has 0 bridgehead atoms. The summed E-state index contributed by atoms with van der Waals surface area (Å²) < 4.78 is 32.2. The number of nitrogens with zero attached hydrogens (tertiary/aromatic N) is 2. The number of rotatable bonds is 2. The molecule has 0 radical (unpaired) electrons. The van der Waals surface area contributed by atoms with Crippen molar-refractivity contribution in [2.45, 2.75) is 13.0 Å². The molecule has 1 heterocycles. The van der Waals surface area contributed by atoms with Crippen molar-refractivity contribution >= 4 is 17.7 Å². The molecule has 1 saturated heterocycles. The minimum Gasteiger partial charge on any atom is -0.465 e. The van der Waals surface area contributed by atoms with Crippen LogP contribution < -0.4 is 4.90 Å². The molecule has 1 atom stereocenters. The first-order valence-corrected chi connectivity index (χ1v) is 6.67. The molecule has 8 heteroatoms. The van der Waals surface area contributed by atoms with Crippen molar-refractivity contribution in [1.29, 1.82) is 0 Å². The predicted molar refractivity (Wildman–Crippen MR) is 74.1 cm³/mol. The number of benzene rings is 1. The molecule has 1 aliphatic heterocycles. The molecule has 6 nitrogen and oxygen atoms in total. The molecule has 1 N–H and O–H groups in total. The van der Waals surface area contributed by atoms with E-state index in [9.17, 15) is 18.4 Å². The van der Waals surface area contributed by atoms with E-state index in [2.05, 4.69) is 4.74 Å². The summed E-state index contributed by atoms with van der Waals surface area (Å²) in [7, 11) is 1.04. The number of carbonyl (C=O) groups excluding carboxylic acids is 1. The number of ether oxygens (including phenoxy) is 1. The van der Waals surface area contributed by atoms with Gasteiger partial charge in [0.1, 0.15) is 17.2 Å². The van der Waals surface area contributed by atoms with Gasteiger partial charge in [0.15, 0.2) is 0 Å². The average Bonchev–Trinajstić information content (AvgIpc) is 2.45. The van der Waals surface area contributed by atoms with Gasteiger partial charge in [-0.2, -0.15) is 0 Å². The van der Waals surface area contributed by atoms with Gasteiger partial charge in [-0.1, -0.05) is 0 Å². The Balaban J connectivity index is 2.24. The van der Waals surface area contributed by atoms with Crippen molar-refractivity contribution in [3.05, 3.63) is 29.3 Å². The molecule has 0 aromatic heterocycles. The van der Waals surface area contributed by atoms with E-state index < -0.39 is 29.3 Å². The molecule has 0 unspecified atom stereocenters. The van der Waals surface area contributed by atoms with Gasteiger partial charge < -0.3 is 19.6 Å². The van der Waals surface area contributed by atoms with Gasteiger partial charge in [0, 0.05) is 31.4 Å². The highest BCUT2D eigenvalue weighted by atomic mass is 19.1. The van der Waals surface area contributed by atoms with Crippen LogP contribution in [-0.4, -0.2) is 54.9 Å². The molecule has 0 saturated carbocycles. The number of hydrogen-bond donors (Lipinski definition) is 1. The molecule has 120 valence electrons. The number of carboxylic acid groups (broad SMARTS) is 1. The molecule has 22 heavy (non-hydrogen) atoms. The van der Waals surface area contributed by atoms with Gasteiger partial charge in [-0.05, 0) is 19.1 Å². The number of halogens is 2. The van der Waals surface area contributed by atoms with Crippen LogP contribution in [0.2, 0.25) is 0 Å². The number of amides is 1. The molecular formula is C14H16F2N2O4. The van der Waals surface area contributed by atoms with Crippen molar-refractivity contribution in [2.24, 2.45) is 0 Å². The fourth-order valence-electron chi connectivity index (χ4n) is 2.52. The molecule has 1 aliphatic rings. The SMILES string of the molecule is COC(=O)c1c(F)cc(N2CCN(C(=O)O)[C@H](C)C2)cc1F. The minimum atomic E-state index is -1.08. The first-order chi connectivity index (χ1) is 10.3. The molecule has 2 rings (SSSR count). The number of anilines is 1. The Kier molecular flexibility index (Phi) is 4.48. The molecule has 1 fully saturated rings. The molecule has 1 aromatic rings. The lowest BCUT2D eigenvalue weighted by Gasteiger charge is -2.39. The summed E-state index contributed by atoms with van der Waals surface area (Å²) in [4.78, 5) is 25.3. The van der Waals surface area contributed by atoms with Gasteiger partial charge in [-0.3, -0.25) is 0 Å². The smallest absolute Gasteiger partial charge is 0.407 e. The number of esters is 1. The van der Waals surface area contributed by atoms with Crippen molar-refractivity contribution in [1.82, 2.24) is 4.90 Å². The summed E-state index contributed by atoms with van der Waals surface area (Å²) in [6, 6.07) is 1.80. The Morgan fingerprint density at radius 1 is 1.27 bits per heavy atom. The second-order valence-electron chi connectivity index (χ2n) is 5.05. The van der Waals surface area contributed by atoms with E-state index >= 15 is 0 Å². The molecular weight excluding hydrogens is 298 g/mol. The summed E-state index contributed by atoms with van der Waals surface area (Å²) in [5.74, 6) is -3.09. The third-order valence-corrected chi connectivity index (χ3v) is 3.65. The second-order valence-corrected chi connectivity index (χ2v) is 5.05. The second kappa shape index (κ2) is 6.17. The van der Waals surface area contributed by atoms with E-state index in [1.807, 2.05) is 0 Å². The Hall–Kier alpha value is -2.38. The van der Waals surface area contributed by atoms with E-state index in [0.717, 1.165) is 19.2 Å². The lowest BCUT2D eigenvalue weighted by molar-refractivity contribution is 0.0589. The van der Waals surface area contributed by atoms with E-state index in [0.29, 0.717) is 13.1 Å². The normalized spacial score (nSPS) is 18.3. The van der Waals surface area contributed by atoms with E-state index in [-0.39, 0.29) is 18.3 Å². The maximum Gasteiger partial charge on any atom is 0.407 e. The lowest BCUT2D eigenvalue weighted by Crippen LogP contribution is -2.53. The van der Waals surface area contributed by atoms with Gasteiger partial charge >= 0.3 is 12.1 Å². The van der Waals surface area contributed by atoms with Gasteiger partial charge in [0.2, 0.25) is 0 Å². The van der Waals surface area contributed by atoms with Crippen molar-refractivity contribution in [3.8, 4) is 0 Å². The van der Waals surface area contributed by atoms with Crippen LogP contribution in [0, 0.1) is 11.6 Å². The van der Waals surface area contributed by atoms with Crippen LogP contribution in [-0.2, 0) is 4.74 Å².